The maximum absolute atomic E-state index is 10.8. The second-order valence-corrected chi connectivity index (χ2v) is 4.57. The lowest BCUT2D eigenvalue weighted by Crippen LogP contribution is -1.96. The lowest BCUT2D eigenvalue weighted by Gasteiger charge is -2.04. The Morgan fingerprint density at radius 2 is 2.19 bits per heavy atom. The Bertz CT molecular complexity index is 601. The minimum atomic E-state index is -0.509. The van der Waals surface area contributed by atoms with Crippen LogP contribution in [-0.2, 0) is 0 Å². The molecule has 0 spiro atoms. The molecule has 4 nitrogen and oxygen atoms in total. The first kappa shape index (κ1) is 11.3. The van der Waals surface area contributed by atoms with E-state index in [9.17, 15) is 10.1 Å². The molecule has 1 aromatic carbocycles. The van der Waals surface area contributed by atoms with Gasteiger partial charge < -0.3 is 0 Å². The number of halogens is 2. The highest BCUT2D eigenvalue weighted by Crippen LogP contribution is 2.34. The number of aromatic nitrogens is 1. The van der Waals surface area contributed by atoms with E-state index in [1.807, 2.05) is 6.07 Å². The molecule has 0 aliphatic rings. The SMILES string of the molecule is Cc1nc2ccc(Br)cc2c(Cl)c1[N+](=O)[O-]. The van der Waals surface area contributed by atoms with Crippen LogP contribution < -0.4 is 0 Å². The Hall–Kier alpha value is -1.20. The van der Waals surface area contributed by atoms with E-state index in [2.05, 4.69) is 20.9 Å². The van der Waals surface area contributed by atoms with Gasteiger partial charge in [-0.25, -0.2) is 4.98 Å². The van der Waals surface area contributed by atoms with Gasteiger partial charge in [-0.1, -0.05) is 27.5 Å². The van der Waals surface area contributed by atoms with E-state index >= 15 is 0 Å². The highest BCUT2D eigenvalue weighted by atomic mass is 79.9. The van der Waals surface area contributed by atoms with E-state index < -0.39 is 4.92 Å². The van der Waals surface area contributed by atoms with Crippen LogP contribution in [0.1, 0.15) is 5.69 Å². The van der Waals surface area contributed by atoms with E-state index in [0.717, 1.165) is 4.47 Å². The number of fused-ring (bicyclic) bond motifs is 1. The Kier molecular flexibility index (Phi) is 2.82. The number of rotatable bonds is 1. The molecule has 82 valence electrons. The Labute approximate surface area is 105 Å². The van der Waals surface area contributed by atoms with Crippen LogP contribution in [0.2, 0.25) is 5.02 Å². The van der Waals surface area contributed by atoms with Gasteiger partial charge in [-0.2, -0.15) is 0 Å². The summed E-state index contributed by atoms with van der Waals surface area (Å²) in [4.78, 5) is 14.5. The fourth-order valence-electron chi connectivity index (χ4n) is 1.51. The van der Waals surface area contributed by atoms with Gasteiger partial charge in [0.15, 0.2) is 0 Å². The Balaban J connectivity index is 2.90. The van der Waals surface area contributed by atoms with Crippen molar-refractivity contribution >= 4 is 44.1 Å². The number of hydrogen-bond donors (Lipinski definition) is 0. The van der Waals surface area contributed by atoms with Crippen LogP contribution in [-0.4, -0.2) is 9.91 Å². The van der Waals surface area contributed by atoms with Gasteiger partial charge in [-0.05, 0) is 25.1 Å². The van der Waals surface area contributed by atoms with Crippen LogP contribution in [0.3, 0.4) is 0 Å². The lowest BCUT2D eigenvalue weighted by molar-refractivity contribution is -0.385. The minimum Gasteiger partial charge on any atom is -0.258 e. The number of pyridine rings is 1. The number of hydrogen-bond acceptors (Lipinski definition) is 3. The fourth-order valence-corrected chi connectivity index (χ4v) is 2.23. The van der Waals surface area contributed by atoms with Gasteiger partial charge >= 0.3 is 5.69 Å². The summed E-state index contributed by atoms with van der Waals surface area (Å²) < 4.78 is 0.807. The van der Waals surface area contributed by atoms with Crippen molar-refractivity contribution in [1.29, 1.82) is 0 Å². The lowest BCUT2D eigenvalue weighted by atomic mass is 10.2. The summed E-state index contributed by atoms with van der Waals surface area (Å²) in [5.74, 6) is 0. The van der Waals surface area contributed by atoms with Crippen molar-refractivity contribution < 1.29 is 4.92 Å². The van der Waals surface area contributed by atoms with Crippen LogP contribution in [0.5, 0.6) is 0 Å². The predicted molar refractivity (Wildman–Crippen MR) is 65.8 cm³/mol. The van der Waals surface area contributed by atoms with Gasteiger partial charge in [0.25, 0.3) is 0 Å². The molecule has 1 aromatic heterocycles. The van der Waals surface area contributed by atoms with Gasteiger partial charge in [0.2, 0.25) is 0 Å². The molecule has 0 aliphatic heterocycles. The molecule has 1 heterocycles. The maximum Gasteiger partial charge on any atom is 0.309 e. The van der Waals surface area contributed by atoms with E-state index in [4.69, 9.17) is 11.6 Å². The average Bonchev–Trinajstić information content (AvgIpc) is 2.19. The van der Waals surface area contributed by atoms with Crippen molar-refractivity contribution in [2.45, 2.75) is 6.92 Å². The first-order chi connectivity index (χ1) is 7.50. The van der Waals surface area contributed by atoms with Crippen LogP contribution in [0.25, 0.3) is 10.9 Å². The minimum absolute atomic E-state index is 0.132. The van der Waals surface area contributed by atoms with Crippen molar-refractivity contribution in [1.82, 2.24) is 4.98 Å². The van der Waals surface area contributed by atoms with E-state index in [1.54, 1.807) is 19.1 Å². The third-order valence-corrected chi connectivity index (χ3v) is 3.09. The van der Waals surface area contributed by atoms with Crippen molar-refractivity contribution in [3.63, 3.8) is 0 Å². The number of aryl methyl sites for hydroxylation is 1. The molecular weight excluding hydrogens is 295 g/mol. The molecule has 0 N–H and O–H groups in total. The molecule has 0 unspecified atom stereocenters. The van der Waals surface area contributed by atoms with E-state index in [1.165, 1.54) is 0 Å². The Morgan fingerprint density at radius 1 is 1.50 bits per heavy atom. The van der Waals surface area contributed by atoms with Crippen LogP contribution >= 0.6 is 27.5 Å². The van der Waals surface area contributed by atoms with Gasteiger partial charge in [-0.15, -0.1) is 0 Å². The third-order valence-electron chi connectivity index (χ3n) is 2.22. The van der Waals surface area contributed by atoms with E-state index in [-0.39, 0.29) is 10.7 Å². The number of nitro groups is 1. The summed E-state index contributed by atoms with van der Waals surface area (Å²) in [5, 5.41) is 11.6. The highest BCUT2D eigenvalue weighted by molar-refractivity contribution is 9.10. The summed E-state index contributed by atoms with van der Waals surface area (Å²) >= 11 is 9.30. The van der Waals surface area contributed by atoms with Gasteiger partial charge in [0, 0.05) is 9.86 Å². The zero-order valence-corrected chi connectivity index (χ0v) is 10.5. The van der Waals surface area contributed by atoms with Crippen LogP contribution in [0.4, 0.5) is 5.69 Å². The maximum atomic E-state index is 10.8. The smallest absolute Gasteiger partial charge is 0.258 e. The second-order valence-electron chi connectivity index (χ2n) is 3.28. The third kappa shape index (κ3) is 1.76. The summed E-state index contributed by atoms with van der Waals surface area (Å²) in [6, 6.07) is 5.30. The molecule has 0 fully saturated rings. The van der Waals surface area contributed by atoms with Gasteiger partial charge in [-0.3, -0.25) is 10.1 Å². The van der Waals surface area contributed by atoms with Gasteiger partial charge in [0.05, 0.1) is 10.4 Å². The molecule has 0 saturated heterocycles. The molecule has 2 aromatic rings. The molecule has 0 amide bonds. The molecule has 0 atom stereocenters. The van der Waals surface area contributed by atoms with Crippen LogP contribution in [0, 0.1) is 17.0 Å². The molecule has 2 rings (SSSR count). The first-order valence-electron chi connectivity index (χ1n) is 4.40. The number of benzene rings is 1. The molecule has 16 heavy (non-hydrogen) atoms. The summed E-state index contributed by atoms with van der Waals surface area (Å²) in [7, 11) is 0. The monoisotopic (exact) mass is 300 g/mol. The summed E-state index contributed by atoms with van der Waals surface area (Å²) in [5.41, 5.74) is 0.841. The van der Waals surface area contributed by atoms with Crippen LogP contribution in [0.15, 0.2) is 22.7 Å². The highest BCUT2D eigenvalue weighted by Gasteiger charge is 2.20. The molecule has 0 saturated carbocycles. The largest absolute Gasteiger partial charge is 0.309 e. The van der Waals surface area contributed by atoms with Crippen molar-refractivity contribution in [2.24, 2.45) is 0 Å². The quantitative estimate of drug-likeness (QED) is 0.593. The first-order valence-corrected chi connectivity index (χ1v) is 5.57. The van der Waals surface area contributed by atoms with Crippen molar-refractivity contribution in [3.8, 4) is 0 Å². The number of nitrogens with zero attached hydrogens (tertiary/aromatic N) is 2. The van der Waals surface area contributed by atoms with Crippen molar-refractivity contribution in [2.75, 3.05) is 0 Å². The van der Waals surface area contributed by atoms with Crippen molar-refractivity contribution in [3.05, 3.63) is 43.5 Å². The molecule has 6 heteroatoms. The summed E-state index contributed by atoms with van der Waals surface area (Å²) in [6.07, 6.45) is 0. The molecule has 0 aliphatic carbocycles. The molecule has 0 radical (unpaired) electrons. The standard InChI is InChI=1S/C10H6BrClN2O2/c1-5-10(14(15)16)9(12)7-4-6(11)2-3-8(7)13-5/h2-4H,1H3. The topological polar surface area (TPSA) is 56.0 Å². The van der Waals surface area contributed by atoms with Gasteiger partial charge in [0.1, 0.15) is 10.7 Å². The average molecular weight is 302 g/mol. The molecule has 0 bridgehead atoms. The second kappa shape index (κ2) is 3.99. The zero-order valence-electron chi connectivity index (χ0n) is 8.20. The Morgan fingerprint density at radius 3 is 2.81 bits per heavy atom. The predicted octanol–water partition coefficient (Wildman–Crippen LogP) is 3.87. The normalized spacial score (nSPS) is 10.7. The fraction of sp³-hybridized carbons (Fsp3) is 0.100. The molecular formula is C10H6BrClN2O2. The summed E-state index contributed by atoms with van der Waals surface area (Å²) in [6.45, 7) is 1.57. The van der Waals surface area contributed by atoms with E-state index in [0.29, 0.717) is 16.6 Å². The zero-order chi connectivity index (χ0) is 11.9.